The lowest BCUT2D eigenvalue weighted by molar-refractivity contribution is -0.129. The zero-order valence-electron chi connectivity index (χ0n) is 6.41. The van der Waals surface area contributed by atoms with Crippen LogP contribution in [0.25, 0.3) is 0 Å². The van der Waals surface area contributed by atoms with E-state index in [1.807, 2.05) is 0 Å². The van der Waals surface area contributed by atoms with Gasteiger partial charge in [0.25, 0.3) is 0 Å². The summed E-state index contributed by atoms with van der Waals surface area (Å²) in [6.07, 6.45) is 3.43. The third-order valence-corrected chi connectivity index (χ3v) is 2.51. The lowest BCUT2D eigenvalue weighted by Gasteiger charge is -2.26. The van der Waals surface area contributed by atoms with Crippen LogP contribution in [0, 0.1) is 0 Å². The summed E-state index contributed by atoms with van der Waals surface area (Å²) in [4.78, 5) is 11.0. The standard InChI is InChI=1S/C8H12ClFO/c9-6-7(11)8(10)4-2-1-3-5-8/h1-6H2. The molecule has 1 fully saturated rings. The van der Waals surface area contributed by atoms with Gasteiger partial charge in [0.2, 0.25) is 0 Å². The van der Waals surface area contributed by atoms with Gasteiger partial charge in [0, 0.05) is 0 Å². The van der Waals surface area contributed by atoms with Crippen LogP contribution < -0.4 is 0 Å². The van der Waals surface area contributed by atoms with E-state index in [1.54, 1.807) is 0 Å². The lowest BCUT2D eigenvalue weighted by Crippen LogP contribution is -2.36. The van der Waals surface area contributed by atoms with E-state index in [-0.39, 0.29) is 5.88 Å². The molecule has 0 unspecified atom stereocenters. The Morgan fingerprint density at radius 1 is 1.36 bits per heavy atom. The van der Waals surface area contributed by atoms with E-state index in [9.17, 15) is 9.18 Å². The van der Waals surface area contributed by atoms with Gasteiger partial charge >= 0.3 is 0 Å². The number of hydrogen-bond donors (Lipinski definition) is 0. The molecular weight excluding hydrogens is 167 g/mol. The number of rotatable bonds is 2. The van der Waals surface area contributed by atoms with E-state index in [2.05, 4.69) is 0 Å². The Morgan fingerprint density at radius 3 is 2.36 bits per heavy atom. The van der Waals surface area contributed by atoms with Crippen molar-refractivity contribution in [3.63, 3.8) is 0 Å². The second kappa shape index (κ2) is 3.53. The molecule has 0 N–H and O–H groups in total. The molecule has 0 aromatic carbocycles. The highest BCUT2D eigenvalue weighted by Crippen LogP contribution is 2.32. The van der Waals surface area contributed by atoms with Gasteiger partial charge in [-0.2, -0.15) is 0 Å². The van der Waals surface area contributed by atoms with Crippen molar-refractivity contribution in [2.45, 2.75) is 37.8 Å². The molecule has 0 atom stereocenters. The van der Waals surface area contributed by atoms with Crippen molar-refractivity contribution < 1.29 is 9.18 Å². The molecule has 0 aromatic heterocycles. The summed E-state index contributed by atoms with van der Waals surface area (Å²) < 4.78 is 13.5. The number of carbonyl (C=O) groups excluding carboxylic acids is 1. The topological polar surface area (TPSA) is 17.1 Å². The van der Waals surface area contributed by atoms with E-state index in [0.29, 0.717) is 12.8 Å². The number of halogens is 2. The van der Waals surface area contributed by atoms with Gasteiger partial charge in [-0.05, 0) is 25.7 Å². The Morgan fingerprint density at radius 2 is 1.91 bits per heavy atom. The molecule has 1 aliphatic carbocycles. The molecule has 0 saturated heterocycles. The van der Waals surface area contributed by atoms with Crippen molar-refractivity contribution in [1.82, 2.24) is 0 Å². The smallest absolute Gasteiger partial charge is 0.184 e. The normalized spacial score (nSPS) is 23.1. The second-order valence-corrected chi connectivity index (χ2v) is 3.35. The Balaban J connectivity index is 2.56. The van der Waals surface area contributed by atoms with Crippen molar-refractivity contribution in [2.75, 3.05) is 5.88 Å². The molecule has 0 aliphatic heterocycles. The summed E-state index contributed by atoms with van der Waals surface area (Å²) in [5.74, 6) is -0.616. The van der Waals surface area contributed by atoms with Gasteiger partial charge in [0.1, 0.15) is 0 Å². The Hall–Kier alpha value is -0.110. The predicted molar refractivity (Wildman–Crippen MR) is 42.7 cm³/mol. The first-order valence-electron chi connectivity index (χ1n) is 3.97. The molecule has 0 spiro atoms. The van der Waals surface area contributed by atoms with E-state index >= 15 is 0 Å². The molecule has 0 heterocycles. The van der Waals surface area contributed by atoms with Gasteiger partial charge in [-0.15, -0.1) is 11.6 Å². The number of carbonyl (C=O) groups is 1. The minimum atomic E-state index is -1.58. The second-order valence-electron chi connectivity index (χ2n) is 3.08. The van der Waals surface area contributed by atoms with E-state index in [4.69, 9.17) is 11.6 Å². The average Bonchev–Trinajstić information content (AvgIpc) is 2.04. The predicted octanol–water partition coefficient (Wildman–Crippen LogP) is 2.47. The van der Waals surface area contributed by atoms with Crippen LogP contribution in [0.2, 0.25) is 0 Å². The number of alkyl halides is 2. The maximum atomic E-state index is 13.5. The third-order valence-electron chi connectivity index (χ3n) is 2.27. The van der Waals surface area contributed by atoms with Gasteiger partial charge in [0.05, 0.1) is 5.88 Å². The van der Waals surface area contributed by atoms with Gasteiger partial charge < -0.3 is 0 Å². The highest BCUT2D eigenvalue weighted by molar-refractivity contribution is 6.28. The van der Waals surface area contributed by atoms with Crippen molar-refractivity contribution in [3.05, 3.63) is 0 Å². The Bertz CT molecular complexity index is 152. The largest absolute Gasteiger partial charge is 0.295 e. The van der Waals surface area contributed by atoms with Crippen molar-refractivity contribution in [1.29, 1.82) is 0 Å². The molecule has 64 valence electrons. The Labute approximate surface area is 70.9 Å². The highest BCUT2D eigenvalue weighted by atomic mass is 35.5. The quantitative estimate of drug-likeness (QED) is 0.594. The maximum absolute atomic E-state index is 13.5. The fourth-order valence-corrected chi connectivity index (χ4v) is 1.75. The van der Waals surface area contributed by atoms with Gasteiger partial charge in [0.15, 0.2) is 11.5 Å². The molecule has 11 heavy (non-hydrogen) atoms. The molecule has 3 heteroatoms. The summed E-state index contributed by atoms with van der Waals surface area (Å²) >= 11 is 5.29. The van der Waals surface area contributed by atoms with Crippen LogP contribution in [0.15, 0.2) is 0 Å². The van der Waals surface area contributed by atoms with Crippen molar-refractivity contribution in [3.8, 4) is 0 Å². The highest BCUT2D eigenvalue weighted by Gasteiger charge is 2.38. The molecule has 0 bridgehead atoms. The monoisotopic (exact) mass is 178 g/mol. The van der Waals surface area contributed by atoms with E-state index < -0.39 is 11.5 Å². The first-order chi connectivity index (χ1) is 5.19. The molecule has 1 nitrogen and oxygen atoms in total. The third kappa shape index (κ3) is 1.92. The molecule has 0 aromatic rings. The van der Waals surface area contributed by atoms with E-state index in [1.165, 1.54) is 0 Å². The zero-order chi connectivity index (χ0) is 8.32. The van der Waals surface area contributed by atoms with Gasteiger partial charge in [-0.25, -0.2) is 4.39 Å². The molecular formula is C8H12ClFO. The Kier molecular flexibility index (Phi) is 2.88. The molecule has 1 aliphatic rings. The van der Waals surface area contributed by atoms with Crippen molar-refractivity contribution in [2.24, 2.45) is 0 Å². The summed E-state index contributed by atoms with van der Waals surface area (Å²) in [6.45, 7) is 0. The first-order valence-corrected chi connectivity index (χ1v) is 4.51. The molecule has 1 rings (SSSR count). The zero-order valence-corrected chi connectivity index (χ0v) is 7.16. The molecule has 0 radical (unpaired) electrons. The van der Waals surface area contributed by atoms with Crippen LogP contribution in [0.5, 0.6) is 0 Å². The SMILES string of the molecule is O=C(CCl)C1(F)CCCCC1. The van der Waals surface area contributed by atoms with Crippen LogP contribution in [0.3, 0.4) is 0 Å². The minimum absolute atomic E-state index is 0.184. The number of hydrogen-bond acceptors (Lipinski definition) is 1. The van der Waals surface area contributed by atoms with E-state index in [0.717, 1.165) is 19.3 Å². The maximum Gasteiger partial charge on any atom is 0.184 e. The van der Waals surface area contributed by atoms with Gasteiger partial charge in [-0.3, -0.25) is 4.79 Å². The van der Waals surface area contributed by atoms with Crippen LogP contribution in [0.1, 0.15) is 32.1 Å². The molecule has 0 amide bonds. The summed E-state index contributed by atoms with van der Waals surface area (Å²) in [5, 5.41) is 0. The number of ketones is 1. The minimum Gasteiger partial charge on any atom is -0.295 e. The van der Waals surface area contributed by atoms with Gasteiger partial charge in [-0.1, -0.05) is 6.42 Å². The average molecular weight is 179 g/mol. The van der Waals surface area contributed by atoms with Crippen LogP contribution in [-0.2, 0) is 4.79 Å². The fourth-order valence-electron chi connectivity index (χ4n) is 1.51. The summed E-state index contributed by atoms with van der Waals surface area (Å²) in [6, 6.07) is 0. The lowest BCUT2D eigenvalue weighted by atomic mass is 9.84. The fraction of sp³-hybridized carbons (Fsp3) is 0.875. The van der Waals surface area contributed by atoms with Crippen LogP contribution in [-0.4, -0.2) is 17.3 Å². The number of Topliss-reactive ketones (excluding diaryl/α,β-unsaturated/α-hetero) is 1. The molecule has 1 saturated carbocycles. The van der Waals surface area contributed by atoms with Crippen LogP contribution in [0.4, 0.5) is 4.39 Å². The van der Waals surface area contributed by atoms with Crippen LogP contribution >= 0.6 is 11.6 Å². The summed E-state index contributed by atoms with van der Waals surface area (Å²) in [7, 11) is 0. The summed E-state index contributed by atoms with van der Waals surface area (Å²) in [5.41, 5.74) is -1.58. The van der Waals surface area contributed by atoms with Crippen molar-refractivity contribution >= 4 is 17.4 Å². The first kappa shape index (κ1) is 8.98.